The number of esters is 1. The SMILES string of the molecule is CS(=O)(=O)c1ccc(Cl)c(NC(=O)COC(=O)c2ccc3c(c2)C(=O)N(c2ccc(Cl)cc2)C3=O)c1. The van der Waals surface area contributed by atoms with Crippen molar-refractivity contribution in [2.75, 3.05) is 23.1 Å². The molecule has 184 valence electrons. The normalized spacial score (nSPS) is 12.9. The van der Waals surface area contributed by atoms with Gasteiger partial charge in [-0.1, -0.05) is 23.2 Å². The van der Waals surface area contributed by atoms with E-state index in [1.165, 1.54) is 48.5 Å². The largest absolute Gasteiger partial charge is 0.452 e. The number of nitrogens with zero attached hydrogens (tertiary/aromatic N) is 1. The third-order valence-electron chi connectivity index (χ3n) is 5.18. The quantitative estimate of drug-likeness (QED) is 0.365. The lowest BCUT2D eigenvalue weighted by Crippen LogP contribution is -2.29. The molecule has 0 spiro atoms. The van der Waals surface area contributed by atoms with E-state index in [0.717, 1.165) is 11.2 Å². The average Bonchev–Trinajstić information content (AvgIpc) is 3.08. The minimum Gasteiger partial charge on any atom is -0.452 e. The third-order valence-corrected chi connectivity index (χ3v) is 6.87. The maximum atomic E-state index is 12.9. The first kappa shape index (κ1) is 25.4. The number of rotatable bonds is 6. The fourth-order valence-electron chi connectivity index (χ4n) is 3.42. The molecular formula is C24H16Cl2N2O7S. The Balaban J connectivity index is 1.45. The van der Waals surface area contributed by atoms with E-state index < -0.39 is 40.1 Å². The molecule has 9 nitrogen and oxygen atoms in total. The second kappa shape index (κ2) is 9.73. The minimum atomic E-state index is -3.53. The maximum absolute atomic E-state index is 12.9. The van der Waals surface area contributed by atoms with Crippen molar-refractivity contribution in [3.05, 3.63) is 87.4 Å². The molecule has 0 atom stereocenters. The highest BCUT2D eigenvalue weighted by Crippen LogP contribution is 2.30. The molecule has 3 amide bonds. The molecule has 0 aliphatic carbocycles. The lowest BCUT2D eigenvalue weighted by molar-refractivity contribution is -0.119. The summed E-state index contributed by atoms with van der Waals surface area (Å²) < 4.78 is 28.4. The van der Waals surface area contributed by atoms with Crippen LogP contribution in [0.4, 0.5) is 11.4 Å². The highest BCUT2D eigenvalue weighted by Gasteiger charge is 2.37. The Kier molecular flexibility index (Phi) is 6.85. The summed E-state index contributed by atoms with van der Waals surface area (Å²) >= 11 is 11.9. The molecule has 1 N–H and O–H groups in total. The Bertz CT molecular complexity index is 1540. The smallest absolute Gasteiger partial charge is 0.338 e. The van der Waals surface area contributed by atoms with E-state index in [-0.39, 0.29) is 32.3 Å². The van der Waals surface area contributed by atoms with Crippen molar-refractivity contribution in [1.82, 2.24) is 0 Å². The molecule has 36 heavy (non-hydrogen) atoms. The van der Waals surface area contributed by atoms with Crippen LogP contribution in [0.25, 0.3) is 0 Å². The predicted octanol–water partition coefficient (Wildman–Crippen LogP) is 3.99. The molecule has 0 unspecified atom stereocenters. The van der Waals surface area contributed by atoms with Gasteiger partial charge < -0.3 is 10.1 Å². The lowest BCUT2D eigenvalue weighted by atomic mass is 10.1. The summed E-state index contributed by atoms with van der Waals surface area (Å²) in [5.74, 6) is -2.85. The van der Waals surface area contributed by atoms with E-state index >= 15 is 0 Å². The fraction of sp³-hybridized carbons (Fsp3) is 0.0833. The number of imide groups is 1. The number of nitrogens with one attached hydrogen (secondary N) is 1. The van der Waals surface area contributed by atoms with Crippen LogP contribution in [-0.2, 0) is 19.4 Å². The van der Waals surface area contributed by atoms with Gasteiger partial charge >= 0.3 is 5.97 Å². The van der Waals surface area contributed by atoms with Gasteiger partial charge in [-0.15, -0.1) is 0 Å². The molecule has 0 aromatic heterocycles. The molecule has 0 fully saturated rings. The number of sulfone groups is 1. The first-order chi connectivity index (χ1) is 17.0. The van der Waals surface area contributed by atoms with E-state index in [2.05, 4.69) is 5.32 Å². The maximum Gasteiger partial charge on any atom is 0.338 e. The summed E-state index contributed by atoms with van der Waals surface area (Å²) in [5.41, 5.74) is 0.440. The van der Waals surface area contributed by atoms with Crippen molar-refractivity contribution in [2.24, 2.45) is 0 Å². The van der Waals surface area contributed by atoms with Gasteiger partial charge in [0.1, 0.15) is 0 Å². The Labute approximate surface area is 215 Å². The van der Waals surface area contributed by atoms with Crippen LogP contribution in [0.1, 0.15) is 31.1 Å². The molecule has 3 aromatic carbocycles. The van der Waals surface area contributed by atoms with E-state index in [4.69, 9.17) is 27.9 Å². The van der Waals surface area contributed by atoms with Crippen LogP contribution in [0, 0.1) is 0 Å². The van der Waals surface area contributed by atoms with Gasteiger partial charge in [-0.3, -0.25) is 14.4 Å². The number of carbonyl (C=O) groups excluding carboxylic acids is 4. The molecule has 1 aliphatic rings. The zero-order valence-corrected chi connectivity index (χ0v) is 20.8. The fourth-order valence-corrected chi connectivity index (χ4v) is 4.36. The summed E-state index contributed by atoms with van der Waals surface area (Å²) in [6.45, 7) is -0.709. The number of fused-ring (bicyclic) bond motifs is 1. The summed E-state index contributed by atoms with van der Waals surface area (Å²) in [7, 11) is -3.53. The van der Waals surface area contributed by atoms with Crippen LogP contribution in [-0.4, -0.2) is 45.0 Å². The molecular weight excluding hydrogens is 531 g/mol. The molecule has 0 saturated carbocycles. The predicted molar refractivity (Wildman–Crippen MR) is 133 cm³/mol. The molecule has 0 saturated heterocycles. The van der Waals surface area contributed by atoms with Crippen LogP contribution in [0.2, 0.25) is 10.0 Å². The Morgan fingerprint density at radius 3 is 2.25 bits per heavy atom. The van der Waals surface area contributed by atoms with Crippen LogP contribution < -0.4 is 10.2 Å². The van der Waals surface area contributed by atoms with Gasteiger partial charge in [-0.2, -0.15) is 0 Å². The van der Waals surface area contributed by atoms with Crippen LogP contribution in [0.15, 0.2) is 65.6 Å². The van der Waals surface area contributed by atoms with Crippen molar-refractivity contribution in [3.63, 3.8) is 0 Å². The molecule has 0 radical (unpaired) electrons. The number of amides is 3. The Morgan fingerprint density at radius 2 is 1.58 bits per heavy atom. The number of benzene rings is 3. The topological polar surface area (TPSA) is 127 Å². The van der Waals surface area contributed by atoms with Gasteiger partial charge in [-0.05, 0) is 60.7 Å². The van der Waals surface area contributed by atoms with Gasteiger partial charge in [0.05, 0.1) is 38.0 Å². The van der Waals surface area contributed by atoms with Crippen LogP contribution >= 0.6 is 23.2 Å². The van der Waals surface area contributed by atoms with Gasteiger partial charge in [0.25, 0.3) is 17.7 Å². The van der Waals surface area contributed by atoms with E-state index in [0.29, 0.717) is 10.7 Å². The lowest BCUT2D eigenvalue weighted by Gasteiger charge is -2.13. The van der Waals surface area contributed by atoms with Crippen molar-refractivity contribution >= 4 is 68.1 Å². The van der Waals surface area contributed by atoms with Crippen molar-refractivity contribution < 1.29 is 32.3 Å². The number of hydrogen-bond donors (Lipinski definition) is 1. The van der Waals surface area contributed by atoms with Gasteiger partial charge in [0.2, 0.25) is 0 Å². The monoisotopic (exact) mass is 546 g/mol. The number of halogens is 2. The number of hydrogen-bond acceptors (Lipinski definition) is 7. The minimum absolute atomic E-state index is 0.0122. The molecule has 3 aromatic rings. The summed E-state index contributed by atoms with van der Waals surface area (Å²) in [6, 6.07) is 13.8. The highest BCUT2D eigenvalue weighted by atomic mass is 35.5. The zero-order chi connectivity index (χ0) is 26.2. The summed E-state index contributed by atoms with van der Waals surface area (Å²) in [5, 5.41) is 2.92. The molecule has 1 aliphatic heterocycles. The van der Waals surface area contributed by atoms with Gasteiger partial charge in [0.15, 0.2) is 16.4 Å². The van der Waals surface area contributed by atoms with E-state index in [9.17, 15) is 27.6 Å². The number of ether oxygens (including phenoxy) is 1. The second-order valence-electron chi connectivity index (χ2n) is 7.72. The second-order valence-corrected chi connectivity index (χ2v) is 10.6. The van der Waals surface area contributed by atoms with Crippen LogP contribution in [0.3, 0.4) is 0 Å². The third kappa shape index (κ3) is 5.11. The van der Waals surface area contributed by atoms with E-state index in [1.807, 2.05) is 0 Å². The van der Waals surface area contributed by atoms with Gasteiger partial charge in [0, 0.05) is 11.3 Å². The zero-order valence-electron chi connectivity index (χ0n) is 18.4. The first-order valence-corrected chi connectivity index (χ1v) is 12.9. The first-order valence-electron chi connectivity index (χ1n) is 10.2. The number of carbonyl (C=O) groups is 4. The summed E-state index contributed by atoms with van der Waals surface area (Å²) in [4.78, 5) is 51.3. The molecule has 0 bridgehead atoms. The van der Waals surface area contributed by atoms with Crippen molar-refractivity contribution in [2.45, 2.75) is 4.90 Å². The van der Waals surface area contributed by atoms with Crippen molar-refractivity contribution in [1.29, 1.82) is 0 Å². The van der Waals surface area contributed by atoms with Crippen molar-refractivity contribution in [3.8, 4) is 0 Å². The molecule has 4 rings (SSSR count). The Morgan fingerprint density at radius 1 is 0.917 bits per heavy atom. The average molecular weight is 547 g/mol. The van der Waals surface area contributed by atoms with Crippen LogP contribution in [0.5, 0.6) is 0 Å². The standard InChI is InChI=1S/C24H16Cl2N2O7S/c1-36(33,34)16-7-9-19(26)20(11-16)27-21(29)12-35-24(32)13-2-8-17-18(10-13)23(31)28(22(17)30)15-5-3-14(25)4-6-15/h2-11H,12H2,1H3,(H,27,29). The molecule has 12 heteroatoms. The van der Waals surface area contributed by atoms with E-state index in [1.54, 1.807) is 12.1 Å². The summed E-state index contributed by atoms with van der Waals surface area (Å²) in [6.07, 6.45) is 1.01. The highest BCUT2D eigenvalue weighted by molar-refractivity contribution is 7.90. The van der Waals surface area contributed by atoms with Gasteiger partial charge in [-0.25, -0.2) is 18.1 Å². The Hall–Kier alpha value is -3.73. The number of anilines is 2. The molecule has 1 heterocycles.